The summed E-state index contributed by atoms with van der Waals surface area (Å²) in [5.74, 6) is 0.640. The number of hydrogen-bond acceptors (Lipinski definition) is 1. The van der Waals surface area contributed by atoms with Crippen LogP contribution in [0.15, 0.2) is 18.2 Å². The molecule has 1 heterocycles. The van der Waals surface area contributed by atoms with Crippen LogP contribution in [0.2, 0.25) is 0 Å². The Morgan fingerprint density at radius 3 is 2.67 bits per heavy atom. The normalized spacial score (nSPS) is 21.2. The second kappa shape index (κ2) is 3.64. The number of benzene rings is 1. The Hall–Kier alpha value is -0.820. The lowest BCUT2D eigenvalue weighted by Crippen LogP contribution is -2.35. The minimum Gasteiger partial charge on any atom is -0.312 e. The largest absolute Gasteiger partial charge is 0.312 e. The van der Waals surface area contributed by atoms with Gasteiger partial charge in [0.2, 0.25) is 0 Å². The van der Waals surface area contributed by atoms with E-state index in [1.54, 1.807) is 5.56 Å². The van der Waals surface area contributed by atoms with Crippen molar-refractivity contribution < 1.29 is 0 Å². The molecule has 0 aliphatic carbocycles. The zero-order chi connectivity index (χ0) is 11.1. The van der Waals surface area contributed by atoms with Gasteiger partial charge < -0.3 is 5.32 Å². The van der Waals surface area contributed by atoms with Crippen molar-refractivity contribution in [1.29, 1.82) is 0 Å². The summed E-state index contributed by atoms with van der Waals surface area (Å²) in [6.07, 6.45) is 0. The fraction of sp³-hybridized carbons (Fsp3) is 0.571. The molecule has 0 fully saturated rings. The van der Waals surface area contributed by atoms with E-state index in [-0.39, 0.29) is 0 Å². The second-order valence-electron chi connectivity index (χ2n) is 5.75. The summed E-state index contributed by atoms with van der Waals surface area (Å²) in [4.78, 5) is 0. The van der Waals surface area contributed by atoms with Crippen molar-refractivity contribution in [2.45, 2.75) is 40.2 Å². The predicted molar refractivity (Wildman–Crippen MR) is 65.1 cm³/mol. The first-order chi connectivity index (χ1) is 6.98. The number of fused-ring (bicyclic) bond motifs is 1. The Balaban J connectivity index is 2.45. The van der Waals surface area contributed by atoms with Gasteiger partial charge >= 0.3 is 0 Å². The van der Waals surface area contributed by atoms with Gasteiger partial charge in [-0.1, -0.05) is 44.5 Å². The van der Waals surface area contributed by atoms with E-state index in [9.17, 15) is 0 Å². The summed E-state index contributed by atoms with van der Waals surface area (Å²) < 4.78 is 0. The van der Waals surface area contributed by atoms with Crippen molar-refractivity contribution in [3.8, 4) is 0 Å². The van der Waals surface area contributed by atoms with Crippen LogP contribution < -0.4 is 5.32 Å². The van der Waals surface area contributed by atoms with Gasteiger partial charge in [0.1, 0.15) is 0 Å². The van der Waals surface area contributed by atoms with Crippen LogP contribution in [0.3, 0.4) is 0 Å². The lowest BCUT2D eigenvalue weighted by Gasteiger charge is -2.36. The van der Waals surface area contributed by atoms with Crippen molar-refractivity contribution in [3.05, 3.63) is 34.9 Å². The van der Waals surface area contributed by atoms with Gasteiger partial charge in [0.15, 0.2) is 0 Å². The van der Waals surface area contributed by atoms with Gasteiger partial charge in [-0.25, -0.2) is 0 Å². The highest BCUT2D eigenvalue weighted by Crippen LogP contribution is 2.38. The summed E-state index contributed by atoms with van der Waals surface area (Å²) in [5, 5.41) is 3.52. The quantitative estimate of drug-likeness (QED) is 0.682. The summed E-state index contributed by atoms with van der Waals surface area (Å²) >= 11 is 0. The lowest BCUT2D eigenvalue weighted by atomic mass is 9.73. The molecule has 1 nitrogen and oxygen atoms in total. The molecular formula is C14H21N. The first-order valence-corrected chi connectivity index (χ1v) is 5.78. The Kier molecular flexibility index (Phi) is 2.59. The molecule has 0 aromatic heterocycles. The molecule has 0 saturated heterocycles. The summed E-state index contributed by atoms with van der Waals surface area (Å²) in [5.41, 5.74) is 4.76. The third kappa shape index (κ3) is 2.07. The Morgan fingerprint density at radius 2 is 2.00 bits per heavy atom. The number of aryl methyl sites for hydroxylation is 1. The highest BCUT2D eigenvalue weighted by atomic mass is 14.9. The zero-order valence-corrected chi connectivity index (χ0v) is 10.2. The molecule has 1 heteroatoms. The molecule has 1 unspecified atom stereocenters. The van der Waals surface area contributed by atoms with Gasteiger partial charge in [0.05, 0.1) is 0 Å². The zero-order valence-electron chi connectivity index (χ0n) is 10.2. The Bertz CT molecular complexity index is 360. The van der Waals surface area contributed by atoms with Gasteiger partial charge in [-0.05, 0) is 23.5 Å². The van der Waals surface area contributed by atoms with Crippen molar-refractivity contribution in [2.75, 3.05) is 6.54 Å². The topological polar surface area (TPSA) is 12.0 Å². The summed E-state index contributed by atoms with van der Waals surface area (Å²) in [6, 6.07) is 6.85. The monoisotopic (exact) mass is 203 g/mol. The minimum atomic E-state index is 0.343. The molecule has 0 amide bonds. The molecule has 1 aliphatic heterocycles. The van der Waals surface area contributed by atoms with Crippen molar-refractivity contribution in [2.24, 2.45) is 5.41 Å². The van der Waals surface area contributed by atoms with Crippen LogP contribution in [-0.4, -0.2) is 6.54 Å². The van der Waals surface area contributed by atoms with Gasteiger partial charge in [0.25, 0.3) is 0 Å². The van der Waals surface area contributed by atoms with E-state index in [2.05, 4.69) is 51.2 Å². The van der Waals surface area contributed by atoms with Crippen LogP contribution in [0.4, 0.5) is 0 Å². The molecule has 2 rings (SSSR count). The molecule has 1 aromatic carbocycles. The molecule has 1 N–H and O–H groups in total. The number of hydrogen-bond donors (Lipinski definition) is 1. The highest BCUT2D eigenvalue weighted by Gasteiger charge is 2.30. The SMILES string of the molecule is Cc1ccc2c(c1)C(C(C)(C)C)CNC2. The molecule has 0 radical (unpaired) electrons. The first-order valence-electron chi connectivity index (χ1n) is 5.78. The van der Waals surface area contributed by atoms with Crippen LogP contribution in [-0.2, 0) is 6.54 Å². The number of rotatable bonds is 0. The summed E-state index contributed by atoms with van der Waals surface area (Å²) in [6.45, 7) is 11.3. The van der Waals surface area contributed by atoms with Crippen LogP contribution in [0.5, 0.6) is 0 Å². The summed E-state index contributed by atoms with van der Waals surface area (Å²) in [7, 11) is 0. The molecule has 0 bridgehead atoms. The maximum atomic E-state index is 3.52. The molecule has 1 atom stereocenters. The molecule has 1 aliphatic rings. The average Bonchev–Trinajstić information content (AvgIpc) is 2.15. The van der Waals surface area contributed by atoms with E-state index in [1.165, 1.54) is 11.1 Å². The van der Waals surface area contributed by atoms with E-state index in [0.29, 0.717) is 11.3 Å². The van der Waals surface area contributed by atoms with Gasteiger partial charge in [-0.15, -0.1) is 0 Å². The van der Waals surface area contributed by atoms with Crippen LogP contribution in [0, 0.1) is 12.3 Å². The fourth-order valence-corrected chi connectivity index (χ4v) is 2.43. The average molecular weight is 203 g/mol. The van der Waals surface area contributed by atoms with Crippen LogP contribution >= 0.6 is 0 Å². The molecule has 82 valence electrons. The molecule has 0 saturated carbocycles. The van der Waals surface area contributed by atoms with Crippen LogP contribution in [0.25, 0.3) is 0 Å². The van der Waals surface area contributed by atoms with E-state index < -0.39 is 0 Å². The highest BCUT2D eigenvalue weighted by molar-refractivity contribution is 5.37. The van der Waals surface area contributed by atoms with Crippen molar-refractivity contribution >= 4 is 0 Å². The van der Waals surface area contributed by atoms with Crippen molar-refractivity contribution in [1.82, 2.24) is 5.32 Å². The smallest absolute Gasteiger partial charge is 0.0208 e. The predicted octanol–water partition coefficient (Wildman–Crippen LogP) is 3.23. The van der Waals surface area contributed by atoms with Gasteiger partial charge in [-0.2, -0.15) is 0 Å². The molecule has 15 heavy (non-hydrogen) atoms. The maximum absolute atomic E-state index is 3.52. The number of nitrogens with one attached hydrogen (secondary N) is 1. The third-order valence-electron chi connectivity index (χ3n) is 3.39. The molecular weight excluding hydrogens is 182 g/mol. The first kappa shape index (κ1) is 10.7. The van der Waals surface area contributed by atoms with E-state index in [0.717, 1.165) is 13.1 Å². The Labute approximate surface area is 92.9 Å². The second-order valence-corrected chi connectivity index (χ2v) is 5.75. The third-order valence-corrected chi connectivity index (χ3v) is 3.39. The maximum Gasteiger partial charge on any atom is 0.0208 e. The molecule has 0 spiro atoms. The van der Waals surface area contributed by atoms with E-state index in [1.807, 2.05) is 0 Å². The van der Waals surface area contributed by atoms with Crippen LogP contribution in [0.1, 0.15) is 43.4 Å². The van der Waals surface area contributed by atoms with Crippen molar-refractivity contribution in [3.63, 3.8) is 0 Å². The Morgan fingerprint density at radius 1 is 1.27 bits per heavy atom. The minimum absolute atomic E-state index is 0.343. The molecule has 1 aromatic rings. The lowest BCUT2D eigenvalue weighted by molar-refractivity contribution is 0.296. The fourth-order valence-electron chi connectivity index (χ4n) is 2.43. The van der Waals surface area contributed by atoms with Gasteiger partial charge in [-0.3, -0.25) is 0 Å². The van der Waals surface area contributed by atoms with Gasteiger partial charge in [0, 0.05) is 19.0 Å². The standard InChI is InChI=1S/C14H21N/c1-10-5-6-11-8-15-9-13(12(11)7-10)14(2,3)4/h5-7,13,15H,8-9H2,1-4H3. The van der Waals surface area contributed by atoms with E-state index in [4.69, 9.17) is 0 Å². The van der Waals surface area contributed by atoms with E-state index >= 15 is 0 Å².